The number of allylic oxidation sites excluding steroid dienone is 1. The maximum absolute atomic E-state index is 12.0. The fourth-order valence-corrected chi connectivity index (χ4v) is 5.12. The van der Waals surface area contributed by atoms with Crippen LogP contribution in [0.15, 0.2) is 12.2 Å². The van der Waals surface area contributed by atoms with Gasteiger partial charge in [0.15, 0.2) is 0 Å². The van der Waals surface area contributed by atoms with Crippen LogP contribution in [0, 0.1) is 0 Å². The van der Waals surface area contributed by atoms with Crippen LogP contribution >= 0.6 is 0 Å². The summed E-state index contributed by atoms with van der Waals surface area (Å²) in [5.74, 6) is -0.0818. The quantitative estimate of drug-likeness (QED) is 0.0631. The van der Waals surface area contributed by atoms with Crippen molar-refractivity contribution >= 4 is 5.91 Å². The molecule has 0 fully saturated rings. The highest BCUT2D eigenvalue weighted by Crippen LogP contribution is 2.15. The minimum absolute atomic E-state index is 0.0818. The van der Waals surface area contributed by atoms with Gasteiger partial charge in [-0.2, -0.15) is 0 Å². The summed E-state index contributed by atoms with van der Waals surface area (Å²) in [4.78, 5) is 12.0. The van der Waals surface area contributed by atoms with Gasteiger partial charge in [0.05, 0.1) is 18.8 Å². The van der Waals surface area contributed by atoms with Crippen LogP contribution in [-0.2, 0) is 4.79 Å². The standard InChI is InChI=1S/C34H67NO3/c1-3-5-7-9-10-11-12-13-14-15-16-17-18-19-20-21-22-23-24-25-26-27-29-33(37)32(31-36)35-34(38)30-28-8-6-4-2/h27,29,32-33,36-37H,3-26,28,30-31H2,1-2H3,(H,35,38)/b29-27+. The molecule has 0 aliphatic rings. The Bertz CT molecular complexity index is 508. The van der Waals surface area contributed by atoms with Gasteiger partial charge in [-0.1, -0.05) is 167 Å². The van der Waals surface area contributed by atoms with E-state index in [0.717, 1.165) is 38.5 Å². The number of hydrogen-bond donors (Lipinski definition) is 3. The molecule has 0 aromatic rings. The van der Waals surface area contributed by atoms with Crippen LogP contribution in [0.5, 0.6) is 0 Å². The molecule has 0 heterocycles. The number of amides is 1. The van der Waals surface area contributed by atoms with Crippen molar-refractivity contribution in [3.05, 3.63) is 12.2 Å². The number of rotatable bonds is 30. The number of carbonyl (C=O) groups excluding carboxylic acids is 1. The Morgan fingerprint density at radius 3 is 1.37 bits per heavy atom. The van der Waals surface area contributed by atoms with Crippen molar-refractivity contribution in [2.45, 2.75) is 193 Å². The highest BCUT2D eigenvalue weighted by atomic mass is 16.3. The number of aliphatic hydroxyl groups excluding tert-OH is 2. The van der Waals surface area contributed by atoms with Gasteiger partial charge >= 0.3 is 0 Å². The fraction of sp³-hybridized carbons (Fsp3) is 0.912. The molecule has 0 spiro atoms. The molecule has 4 nitrogen and oxygen atoms in total. The molecule has 2 unspecified atom stereocenters. The Morgan fingerprint density at radius 1 is 0.605 bits per heavy atom. The largest absolute Gasteiger partial charge is 0.394 e. The molecule has 3 N–H and O–H groups in total. The molecule has 0 aliphatic carbocycles. The van der Waals surface area contributed by atoms with Crippen LogP contribution in [0.1, 0.15) is 181 Å². The SMILES string of the molecule is CCCCCCCCCCCCCCCCCCCCCC/C=C/C(O)C(CO)NC(=O)CCCCCC. The lowest BCUT2D eigenvalue weighted by atomic mass is 10.0. The fourth-order valence-electron chi connectivity index (χ4n) is 5.12. The van der Waals surface area contributed by atoms with E-state index in [9.17, 15) is 15.0 Å². The Kier molecular flexibility index (Phi) is 30.0. The minimum atomic E-state index is -0.829. The molecule has 4 heteroatoms. The molecule has 0 rings (SSSR count). The molecule has 0 aliphatic heterocycles. The highest BCUT2D eigenvalue weighted by Gasteiger charge is 2.17. The molecule has 0 bridgehead atoms. The van der Waals surface area contributed by atoms with Gasteiger partial charge in [0, 0.05) is 6.42 Å². The van der Waals surface area contributed by atoms with E-state index in [2.05, 4.69) is 19.2 Å². The normalized spacial score (nSPS) is 13.3. The highest BCUT2D eigenvalue weighted by molar-refractivity contribution is 5.76. The van der Waals surface area contributed by atoms with Crippen molar-refractivity contribution in [2.24, 2.45) is 0 Å². The zero-order valence-corrected chi connectivity index (χ0v) is 25.7. The molecular formula is C34H67NO3. The average Bonchev–Trinajstić information content (AvgIpc) is 2.92. The van der Waals surface area contributed by atoms with Crippen LogP contribution in [0.3, 0.4) is 0 Å². The third-order valence-electron chi connectivity index (χ3n) is 7.77. The maximum atomic E-state index is 12.0. The predicted octanol–water partition coefficient (Wildman–Crippen LogP) is 9.56. The minimum Gasteiger partial charge on any atom is -0.394 e. The zero-order chi connectivity index (χ0) is 27.9. The van der Waals surface area contributed by atoms with Crippen molar-refractivity contribution < 1.29 is 15.0 Å². The van der Waals surface area contributed by atoms with Gasteiger partial charge in [-0.3, -0.25) is 4.79 Å². The van der Waals surface area contributed by atoms with E-state index in [4.69, 9.17) is 0 Å². The van der Waals surface area contributed by atoms with Crippen molar-refractivity contribution in [3.8, 4) is 0 Å². The monoisotopic (exact) mass is 538 g/mol. The summed E-state index contributed by atoms with van der Waals surface area (Å²) in [7, 11) is 0. The second-order valence-corrected chi connectivity index (χ2v) is 11.6. The van der Waals surface area contributed by atoms with Crippen LogP contribution in [0.2, 0.25) is 0 Å². The van der Waals surface area contributed by atoms with E-state index in [1.54, 1.807) is 6.08 Å². The van der Waals surface area contributed by atoms with Gasteiger partial charge in [-0.05, 0) is 19.3 Å². The van der Waals surface area contributed by atoms with Gasteiger partial charge in [0.2, 0.25) is 5.91 Å². The third kappa shape index (κ3) is 26.7. The summed E-state index contributed by atoms with van der Waals surface area (Å²) in [6.07, 6.45) is 36.3. The first kappa shape index (κ1) is 37.1. The van der Waals surface area contributed by atoms with Gasteiger partial charge in [-0.25, -0.2) is 0 Å². The first-order valence-electron chi connectivity index (χ1n) is 16.9. The molecule has 0 saturated carbocycles. The Balaban J connectivity index is 3.44. The van der Waals surface area contributed by atoms with E-state index in [0.29, 0.717) is 6.42 Å². The lowest BCUT2D eigenvalue weighted by molar-refractivity contribution is -0.123. The Labute approximate surface area is 237 Å². The van der Waals surface area contributed by atoms with Gasteiger partial charge in [0.1, 0.15) is 0 Å². The van der Waals surface area contributed by atoms with E-state index in [-0.39, 0.29) is 12.5 Å². The van der Waals surface area contributed by atoms with Gasteiger partial charge in [0.25, 0.3) is 0 Å². The predicted molar refractivity (Wildman–Crippen MR) is 166 cm³/mol. The second-order valence-electron chi connectivity index (χ2n) is 11.6. The third-order valence-corrected chi connectivity index (χ3v) is 7.77. The van der Waals surface area contributed by atoms with Crippen molar-refractivity contribution in [1.29, 1.82) is 0 Å². The topological polar surface area (TPSA) is 69.6 Å². The van der Waals surface area contributed by atoms with Crippen LogP contribution in [0.4, 0.5) is 0 Å². The number of aliphatic hydroxyl groups is 2. The number of carbonyl (C=O) groups is 1. The molecule has 0 radical (unpaired) electrons. The molecule has 0 aromatic carbocycles. The lowest BCUT2D eigenvalue weighted by Gasteiger charge is -2.19. The van der Waals surface area contributed by atoms with Crippen molar-refractivity contribution in [3.63, 3.8) is 0 Å². The summed E-state index contributed by atoms with van der Waals surface area (Å²) >= 11 is 0. The Hall–Kier alpha value is -0.870. The van der Waals surface area contributed by atoms with Crippen molar-refractivity contribution in [1.82, 2.24) is 5.32 Å². The first-order chi connectivity index (χ1) is 18.7. The van der Waals surface area contributed by atoms with Crippen LogP contribution < -0.4 is 5.32 Å². The average molecular weight is 538 g/mol. The maximum Gasteiger partial charge on any atom is 0.220 e. The van der Waals surface area contributed by atoms with Crippen LogP contribution in [0.25, 0.3) is 0 Å². The summed E-state index contributed by atoms with van der Waals surface area (Å²) in [5.41, 5.74) is 0. The molecule has 1 amide bonds. The lowest BCUT2D eigenvalue weighted by Crippen LogP contribution is -2.45. The first-order valence-corrected chi connectivity index (χ1v) is 16.9. The summed E-state index contributed by atoms with van der Waals surface area (Å²) < 4.78 is 0. The molecule has 0 aromatic heterocycles. The van der Waals surface area contributed by atoms with E-state index in [1.165, 1.54) is 122 Å². The van der Waals surface area contributed by atoms with E-state index < -0.39 is 12.1 Å². The Morgan fingerprint density at radius 2 is 0.974 bits per heavy atom. The van der Waals surface area contributed by atoms with E-state index in [1.807, 2.05) is 6.08 Å². The van der Waals surface area contributed by atoms with Gasteiger partial charge < -0.3 is 15.5 Å². The summed E-state index contributed by atoms with van der Waals surface area (Å²) in [6, 6.07) is -0.611. The van der Waals surface area contributed by atoms with E-state index >= 15 is 0 Å². The summed E-state index contributed by atoms with van der Waals surface area (Å²) in [6.45, 7) is 4.19. The number of unbranched alkanes of at least 4 members (excludes halogenated alkanes) is 23. The van der Waals surface area contributed by atoms with Crippen molar-refractivity contribution in [2.75, 3.05) is 6.61 Å². The molecular weight excluding hydrogens is 470 g/mol. The number of hydrogen-bond acceptors (Lipinski definition) is 3. The molecule has 38 heavy (non-hydrogen) atoms. The second kappa shape index (κ2) is 30.7. The summed E-state index contributed by atoms with van der Waals surface area (Å²) in [5, 5.41) is 22.6. The number of nitrogens with one attached hydrogen (secondary N) is 1. The zero-order valence-electron chi connectivity index (χ0n) is 25.7. The molecule has 0 saturated heterocycles. The smallest absolute Gasteiger partial charge is 0.220 e. The molecule has 226 valence electrons. The van der Waals surface area contributed by atoms with Gasteiger partial charge in [-0.15, -0.1) is 0 Å². The molecule has 2 atom stereocenters. The van der Waals surface area contributed by atoms with Crippen LogP contribution in [-0.4, -0.2) is 34.9 Å².